The summed E-state index contributed by atoms with van der Waals surface area (Å²) in [5.41, 5.74) is 6.26. The van der Waals surface area contributed by atoms with Crippen molar-refractivity contribution in [3.63, 3.8) is 0 Å². The van der Waals surface area contributed by atoms with Gasteiger partial charge in [-0.15, -0.1) is 0 Å². The number of carbonyl (C=O) groups excluding carboxylic acids is 1. The molecular weight excluding hydrogens is 278 g/mol. The fraction of sp³-hybridized carbons (Fsp3) is 0.533. The molecule has 0 bridgehead atoms. The van der Waals surface area contributed by atoms with Gasteiger partial charge >= 0.3 is 0 Å². The van der Waals surface area contributed by atoms with Gasteiger partial charge in [-0.05, 0) is 25.0 Å². The number of nitrogens with one attached hydrogen (secondary N) is 1. The van der Waals surface area contributed by atoms with Crippen molar-refractivity contribution < 1.29 is 18.3 Å². The highest BCUT2D eigenvalue weighted by molar-refractivity contribution is 5.78. The number of hydrogen-bond acceptors (Lipinski definition) is 3. The summed E-state index contributed by atoms with van der Waals surface area (Å²) < 4.78 is 31.5. The number of carbonyl (C=O) groups is 1. The van der Waals surface area contributed by atoms with Crippen LogP contribution in [0.15, 0.2) is 24.3 Å². The number of nitrogens with two attached hydrogens (primary N) is 1. The Kier molecular flexibility index (Phi) is 4.98. The van der Waals surface area contributed by atoms with Crippen LogP contribution in [0, 0.1) is 5.92 Å². The molecule has 0 atom stereocenters. The number of rotatable bonds is 5. The highest BCUT2D eigenvalue weighted by atomic mass is 19.3. The number of amides is 1. The number of para-hydroxylation sites is 2. The number of nitrogen functional groups attached to an aromatic ring is 1. The van der Waals surface area contributed by atoms with Gasteiger partial charge in [0.15, 0.2) is 0 Å². The van der Waals surface area contributed by atoms with E-state index in [-0.39, 0.29) is 37.5 Å². The zero-order chi connectivity index (χ0) is 15.3. The van der Waals surface area contributed by atoms with E-state index in [0.29, 0.717) is 24.6 Å². The van der Waals surface area contributed by atoms with Crippen molar-refractivity contribution in [1.82, 2.24) is 5.32 Å². The van der Waals surface area contributed by atoms with Gasteiger partial charge in [0.25, 0.3) is 0 Å². The summed E-state index contributed by atoms with van der Waals surface area (Å²) in [7, 11) is 0. The molecule has 0 heterocycles. The first-order valence-corrected chi connectivity index (χ1v) is 7.11. The normalized spacial score (nSPS) is 18.2. The highest BCUT2D eigenvalue weighted by Crippen LogP contribution is 2.36. The van der Waals surface area contributed by atoms with E-state index in [2.05, 4.69) is 5.32 Å². The van der Waals surface area contributed by atoms with Crippen LogP contribution in [-0.4, -0.2) is 25.0 Å². The summed E-state index contributed by atoms with van der Waals surface area (Å²) in [6, 6.07) is 7.10. The first-order valence-electron chi connectivity index (χ1n) is 7.11. The van der Waals surface area contributed by atoms with Gasteiger partial charge in [0, 0.05) is 18.8 Å². The lowest BCUT2D eigenvalue weighted by atomic mass is 9.86. The van der Waals surface area contributed by atoms with Crippen molar-refractivity contribution >= 4 is 11.6 Å². The van der Waals surface area contributed by atoms with E-state index in [0.717, 1.165) is 0 Å². The third-order valence-corrected chi connectivity index (χ3v) is 3.67. The van der Waals surface area contributed by atoms with Gasteiger partial charge in [0.1, 0.15) is 12.4 Å². The van der Waals surface area contributed by atoms with Crippen molar-refractivity contribution in [2.75, 3.05) is 18.9 Å². The third kappa shape index (κ3) is 4.58. The van der Waals surface area contributed by atoms with Crippen LogP contribution in [0.1, 0.15) is 25.7 Å². The quantitative estimate of drug-likeness (QED) is 0.648. The van der Waals surface area contributed by atoms with Crippen LogP contribution >= 0.6 is 0 Å². The van der Waals surface area contributed by atoms with Gasteiger partial charge in [0.2, 0.25) is 11.8 Å². The van der Waals surface area contributed by atoms with Gasteiger partial charge in [-0.3, -0.25) is 4.79 Å². The fourth-order valence-corrected chi connectivity index (χ4v) is 2.39. The molecule has 6 heteroatoms. The van der Waals surface area contributed by atoms with E-state index >= 15 is 0 Å². The topological polar surface area (TPSA) is 64.3 Å². The number of hydrogen-bond donors (Lipinski definition) is 2. The van der Waals surface area contributed by atoms with Crippen LogP contribution < -0.4 is 15.8 Å². The minimum atomic E-state index is -2.61. The van der Waals surface area contributed by atoms with Crippen molar-refractivity contribution in [2.24, 2.45) is 5.92 Å². The maximum absolute atomic E-state index is 13.0. The molecule has 0 aromatic heterocycles. The van der Waals surface area contributed by atoms with E-state index < -0.39 is 5.92 Å². The molecule has 1 aliphatic carbocycles. The molecule has 1 aromatic rings. The zero-order valence-electron chi connectivity index (χ0n) is 11.8. The van der Waals surface area contributed by atoms with Crippen LogP contribution in [-0.2, 0) is 4.79 Å². The molecule has 0 aliphatic heterocycles. The Morgan fingerprint density at radius 3 is 2.67 bits per heavy atom. The molecule has 1 aliphatic rings. The molecule has 1 amide bonds. The van der Waals surface area contributed by atoms with Crippen molar-refractivity contribution in [2.45, 2.75) is 31.6 Å². The summed E-state index contributed by atoms with van der Waals surface area (Å²) in [4.78, 5) is 11.9. The molecule has 0 saturated heterocycles. The van der Waals surface area contributed by atoms with Crippen LogP contribution in [0.25, 0.3) is 0 Å². The van der Waals surface area contributed by atoms with Crippen LogP contribution in [0.2, 0.25) is 0 Å². The summed E-state index contributed by atoms with van der Waals surface area (Å²) in [6.45, 7) is 0.628. The van der Waals surface area contributed by atoms with Gasteiger partial charge in [-0.2, -0.15) is 0 Å². The molecule has 0 spiro atoms. The van der Waals surface area contributed by atoms with Crippen LogP contribution in [0.5, 0.6) is 5.75 Å². The first-order chi connectivity index (χ1) is 9.98. The van der Waals surface area contributed by atoms with E-state index in [9.17, 15) is 13.6 Å². The average Bonchev–Trinajstić information content (AvgIpc) is 2.45. The largest absolute Gasteiger partial charge is 0.490 e. The number of alkyl halides is 2. The Labute approximate surface area is 122 Å². The lowest BCUT2D eigenvalue weighted by Gasteiger charge is -2.27. The van der Waals surface area contributed by atoms with Gasteiger partial charge in [0.05, 0.1) is 12.2 Å². The van der Waals surface area contributed by atoms with Crippen LogP contribution in [0.3, 0.4) is 0 Å². The molecule has 116 valence electrons. The summed E-state index contributed by atoms with van der Waals surface area (Å²) in [6.07, 6.45) is 0.0704. The second-order valence-electron chi connectivity index (χ2n) is 5.31. The second kappa shape index (κ2) is 6.74. The maximum Gasteiger partial charge on any atom is 0.248 e. The highest BCUT2D eigenvalue weighted by Gasteiger charge is 2.37. The van der Waals surface area contributed by atoms with E-state index in [1.54, 1.807) is 12.1 Å². The summed E-state index contributed by atoms with van der Waals surface area (Å²) in [5.74, 6) is -2.52. The molecule has 0 radical (unpaired) electrons. The molecule has 0 unspecified atom stereocenters. The zero-order valence-corrected chi connectivity index (χ0v) is 11.8. The number of anilines is 1. The van der Waals surface area contributed by atoms with Gasteiger partial charge in [-0.25, -0.2) is 8.78 Å². The molecule has 1 fully saturated rings. The predicted molar refractivity (Wildman–Crippen MR) is 76.3 cm³/mol. The van der Waals surface area contributed by atoms with E-state index in [4.69, 9.17) is 10.5 Å². The molecule has 3 N–H and O–H groups in total. The number of ether oxygens (including phenoxy) is 1. The molecule has 1 aromatic carbocycles. The Hall–Kier alpha value is -1.85. The minimum Gasteiger partial charge on any atom is -0.490 e. The third-order valence-electron chi connectivity index (χ3n) is 3.67. The lowest BCUT2D eigenvalue weighted by molar-refractivity contribution is -0.129. The van der Waals surface area contributed by atoms with Crippen molar-refractivity contribution in [3.8, 4) is 5.75 Å². The van der Waals surface area contributed by atoms with E-state index in [1.807, 2.05) is 12.1 Å². The minimum absolute atomic E-state index is 0.171. The van der Waals surface area contributed by atoms with E-state index in [1.165, 1.54) is 0 Å². The Bertz CT molecular complexity index is 484. The van der Waals surface area contributed by atoms with Crippen molar-refractivity contribution in [3.05, 3.63) is 24.3 Å². The fourth-order valence-electron chi connectivity index (χ4n) is 2.39. The molecule has 4 nitrogen and oxygen atoms in total. The Morgan fingerprint density at radius 2 is 2.00 bits per heavy atom. The summed E-state index contributed by atoms with van der Waals surface area (Å²) >= 11 is 0. The molecule has 1 saturated carbocycles. The average molecular weight is 298 g/mol. The van der Waals surface area contributed by atoms with Gasteiger partial charge in [-0.1, -0.05) is 12.1 Å². The Morgan fingerprint density at radius 1 is 1.33 bits per heavy atom. The van der Waals surface area contributed by atoms with Gasteiger partial charge < -0.3 is 15.8 Å². The first kappa shape index (κ1) is 15.5. The number of halogens is 2. The monoisotopic (exact) mass is 298 g/mol. The standard InChI is InChI=1S/C15H20F2N2O2/c16-15(17)7-5-11(6-8-15)14(20)19-9-10-21-13-4-2-1-3-12(13)18/h1-4,11H,5-10,18H2,(H,19,20). The summed E-state index contributed by atoms with van der Waals surface area (Å²) in [5, 5.41) is 2.72. The number of benzene rings is 1. The lowest BCUT2D eigenvalue weighted by Crippen LogP contribution is -2.37. The Balaban J connectivity index is 1.67. The SMILES string of the molecule is Nc1ccccc1OCCNC(=O)C1CCC(F)(F)CC1. The molecule has 21 heavy (non-hydrogen) atoms. The predicted octanol–water partition coefficient (Wildman–Crippen LogP) is 2.59. The second-order valence-corrected chi connectivity index (χ2v) is 5.31. The molecular formula is C15H20F2N2O2. The maximum atomic E-state index is 13.0. The van der Waals surface area contributed by atoms with Crippen LogP contribution in [0.4, 0.5) is 14.5 Å². The smallest absolute Gasteiger partial charge is 0.248 e. The van der Waals surface area contributed by atoms with Crippen molar-refractivity contribution in [1.29, 1.82) is 0 Å². The molecule has 2 rings (SSSR count).